The Hall–Kier alpha value is -3.80. The topological polar surface area (TPSA) is 149 Å². The van der Waals surface area contributed by atoms with Gasteiger partial charge >= 0.3 is 11.7 Å². The molecule has 1 aliphatic rings. The Bertz CT molecular complexity index is 1110. The summed E-state index contributed by atoms with van der Waals surface area (Å²) in [4.78, 5) is 47.8. The summed E-state index contributed by atoms with van der Waals surface area (Å²) in [5.74, 6) is -1.95. The molecule has 2 amide bonds. The van der Waals surface area contributed by atoms with E-state index < -0.39 is 33.5 Å². The zero-order valence-corrected chi connectivity index (χ0v) is 17.1. The van der Waals surface area contributed by atoms with Crippen LogP contribution in [-0.2, 0) is 16.1 Å². The van der Waals surface area contributed by atoms with Crippen LogP contribution in [0.1, 0.15) is 28.8 Å². The number of hydrogen-bond acceptors (Lipinski definition) is 10. The number of thioether (sulfide) groups is 1. The van der Waals surface area contributed by atoms with E-state index in [0.29, 0.717) is 11.8 Å². The minimum absolute atomic E-state index is 0.0205. The Morgan fingerprint density at radius 1 is 1.35 bits per heavy atom. The number of aromatic hydroxyl groups is 1. The molecular formula is C19H16N2O9S. The van der Waals surface area contributed by atoms with Crippen LogP contribution < -0.4 is 4.74 Å². The van der Waals surface area contributed by atoms with Gasteiger partial charge in [0.2, 0.25) is 11.5 Å². The van der Waals surface area contributed by atoms with Crippen molar-refractivity contribution in [2.45, 2.75) is 13.5 Å². The molecule has 12 heteroatoms. The number of phenols is 1. The summed E-state index contributed by atoms with van der Waals surface area (Å²) < 4.78 is 15.0. The van der Waals surface area contributed by atoms with E-state index >= 15 is 0 Å². The quantitative estimate of drug-likeness (QED) is 0.289. The van der Waals surface area contributed by atoms with Gasteiger partial charge in [-0.15, -0.1) is 0 Å². The summed E-state index contributed by atoms with van der Waals surface area (Å²) in [6, 6.07) is 5.20. The number of rotatable bonds is 7. The van der Waals surface area contributed by atoms with Crippen LogP contribution in [0.3, 0.4) is 0 Å². The third-order valence-corrected chi connectivity index (χ3v) is 5.01. The zero-order chi connectivity index (χ0) is 22.7. The Labute approximate surface area is 179 Å². The number of nitrogens with zero attached hydrogens (tertiary/aromatic N) is 2. The van der Waals surface area contributed by atoms with Crippen molar-refractivity contribution in [2.75, 3.05) is 13.7 Å². The lowest BCUT2D eigenvalue weighted by molar-refractivity contribution is -0.386. The second-order valence-corrected chi connectivity index (χ2v) is 7.10. The Morgan fingerprint density at radius 2 is 2.10 bits per heavy atom. The predicted octanol–water partition coefficient (Wildman–Crippen LogP) is 3.32. The van der Waals surface area contributed by atoms with Crippen LogP contribution in [0, 0.1) is 10.1 Å². The van der Waals surface area contributed by atoms with Crippen LogP contribution in [0.5, 0.6) is 11.5 Å². The van der Waals surface area contributed by atoms with E-state index in [0.717, 1.165) is 11.0 Å². The number of ether oxygens (including phenoxy) is 2. The summed E-state index contributed by atoms with van der Waals surface area (Å²) in [7, 11) is 1.19. The van der Waals surface area contributed by atoms with Gasteiger partial charge in [-0.25, -0.2) is 4.79 Å². The number of imide groups is 1. The van der Waals surface area contributed by atoms with Crippen molar-refractivity contribution in [2.24, 2.45) is 0 Å². The number of phenolic OH excluding ortho intramolecular Hbond substituents is 1. The molecule has 3 rings (SSSR count). The fourth-order valence-corrected chi connectivity index (χ4v) is 3.56. The minimum Gasteiger partial charge on any atom is -0.500 e. The molecule has 2 aromatic rings. The van der Waals surface area contributed by atoms with Crippen molar-refractivity contribution in [3.63, 3.8) is 0 Å². The minimum atomic E-state index is -0.781. The van der Waals surface area contributed by atoms with E-state index in [1.54, 1.807) is 6.92 Å². The molecule has 0 radical (unpaired) electrons. The fourth-order valence-electron chi connectivity index (χ4n) is 2.72. The lowest BCUT2D eigenvalue weighted by atomic mass is 10.1. The van der Waals surface area contributed by atoms with Crippen molar-refractivity contribution in [3.8, 4) is 11.5 Å². The molecule has 162 valence electrons. The predicted molar refractivity (Wildman–Crippen MR) is 107 cm³/mol. The molecule has 0 spiro atoms. The van der Waals surface area contributed by atoms with Gasteiger partial charge in [0.05, 0.1) is 30.1 Å². The van der Waals surface area contributed by atoms with Crippen molar-refractivity contribution < 1.29 is 38.3 Å². The average molecular weight is 448 g/mol. The first-order valence-electron chi connectivity index (χ1n) is 8.81. The first-order chi connectivity index (χ1) is 14.7. The van der Waals surface area contributed by atoms with Gasteiger partial charge in [0.25, 0.3) is 11.1 Å². The molecule has 0 bridgehead atoms. The number of carbonyl (C=O) groups is 3. The lowest BCUT2D eigenvalue weighted by Gasteiger charge is -2.10. The maximum Gasteiger partial charge on any atom is 0.373 e. The number of carbonyl (C=O) groups excluding carboxylic acids is 3. The second kappa shape index (κ2) is 8.92. The highest BCUT2D eigenvalue weighted by Crippen LogP contribution is 2.39. The number of nitro benzene ring substituents is 1. The van der Waals surface area contributed by atoms with Crippen LogP contribution in [-0.4, -0.2) is 45.8 Å². The first-order valence-corrected chi connectivity index (χ1v) is 9.63. The molecule has 1 aromatic carbocycles. The molecule has 31 heavy (non-hydrogen) atoms. The molecule has 1 fully saturated rings. The fraction of sp³-hybridized carbons (Fsp3) is 0.211. The van der Waals surface area contributed by atoms with Gasteiger partial charge in [0, 0.05) is 6.07 Å². The van der Waals surface area contributed by atoms with E-state index in [-0.39, 0.29) is 40.9 Å². The molecule has 1 aromatic heterocycles. The largest absolute Gasteiger partial charge is 0.500 e. The Balaban J connectivity index is 1.87. The average Bonchev–Trinajstić information content (AvgIpc) is 3.30. The van der Waals surface area contributed by atoms with Gasteiger partial charge < -0.3 is 19.0 Å². The van der Waals surface area contributed by atoms with Crippen LogP contribution >= 0.6 is 11.8 Å². The summed E-state index contributed by atoms with van der Waals surface area (Å²) in [6.45, 7) is 1.59. The number of furan rings is 1. The van der Waals surface area contributed by atoms with Gasteiger partial charge in [0.1, 0.15) is 5.76 Å². The molecule has 1 aliphatic heterocycles. The van der Waals surface area contributed by atoms with Crippen LogP contribution in [0.4, 0.5) is 10.5 Å². The van der Waals surface area contributed by atoms with E-state index in [1.807, 2.05) is 0 Å². The number of methoxy groups -OCH3 is 1. The van der Waals surface area contributed by atoms with E-state index in [9.17, 15) is 29.6 Å². The SMILES string of the molecule is CCOc1cc(C=C2SC(=O)N(Cc3ccc(C(=O)OC)o3)C2=O)cc([N+](=O)[O-])c1O. The first kappa shape index (κ1) is 21.9. The molecule has 1 N–H and O–H groups in total. The van der Waals surface area contributed by atoms with E-state index in [4.69, 9.17) is 9.15 Å². The lowest BCUT2D eigenvalue weighted by Crippen LogP contribution is -2.27. The number of benzene rings is 1. The van der Waals surface area contributed by atoms with Gasteiger partial charge in [-0.1, -0.05) is 0 Å². The van der Waals surface area contributed by atoms with E-state index in [1.165, 1.54) is 31.4 Å². The van der Waals surface area contributed by atoms with Gasteiger partial charge in [0.15, 0.2) is 5.75 Å². The van der Waals surface area contributed by atoms with Crippen LogP contribution in [0.25, 0.3) is 6.08 Å². The Kier molecular flexibility index (Phi) is 6.30. The molecule has 1 saturated heterocycles. The van der Waals surface area contributed by atoms with Crippen molar-refractivity contribution in [1.82, 2.24) is 4.90 Å². The highest BCUT2D eigenvalue weighted by atomic mass is 32.2. The maximum absolute atomic E-state index is 12.7. The molecule has 11 nitrogen and oxygen atoms in total. The van der Waals surface area contributed by atoms with Crippen molar-refractivity contribution in [1.29, 1.82) is 0 Å². The highest BCUT2D eigenvalue weighted by molar-refractivity contribution is 8.18. The number of amides is 2. The van der Waals surface area contributed by atoms with Crippen LogP contribution in [0.2, 0.25) is 0 Å². The third-order valence-electron chi connectivity index (χ3n) is 4.11. The summed E-state index contributed by atoms with van der Waals surface area (Å²) in [5, 5.41) is 20.6. The normalized spacial score (nSPS) is 14.9. The Morgan fingerprint density at radius 3 is 2.74 bits per heavy atom. The van der Waals surface area contributed by atoms with E-state index in [2.05, 4.69) is 4.74 Å². The zero-order valence-electron chi connectivity index (χ0n) is 16.3. The number of nitro groups is 1. The summed E-state index contributed by atoms with van der Waals surface area (Å²) in [6.07, 6.45) is 1.29. The molecule has 2 heterocycles. The summed E-state index contributed by atoms with van der Waals surface area (Å²) in [5.41, 5.74) is -0.397. The van der Waals surface area contributed by atoms with Crippen molar-refractivity contribution in [3.05, 3.63) is 56.4 Å². The van der Waals surface area contributed by atoms with Crippen molar-refractivity contribution >= 4 is 40.6 Å². The molecule has 0 saturated carbocycles. The standard InChI is InChI=1S/C19H16N2O9S/c1-3-29-14-7-10(6-12(16(14)22)21(26)27)8-15-17(23)20(19(25)31-15)9-11-4-5-13(30-11)18(24)28-2/h4-8,22H,3,9H2,1-2H3. The summed E-state index contributed by atoms with van der Waals surface area (Å²) >= 11 is 0.643. The monoisotopic (exact) mass is 448 g/mol. The number of hydrogen-bond donors (Lipinski definition) is 1. The van der Waals surface area contributed by atoms with Gasteiger partial charge in [-0.05, 0) is 48.5 Å². The maximum atomic E-state index is 12.7. The molecular weight excluding hydrogens is 432 g/mol. The van der Waals surface area contributed by atoms with Gasteiger partial charge in [-0.3, -0.25) is 24.6 Å². The number of esters is 1. The van der Waals surface area contributed by atoms with Gasteiger partial charge in [-0.2, -0.15) is 0 Å². The third kappa shape index (κ3) is 4.53. The molecule has 0 aliphatic carbocycles. The second-order valence-electron chi connectivity index (χ2n) is 6.10. The van der Waals surface area contributed by atoms with Crippen LogP contribution in [0.15, 0.2) is 33.6 Å². The molecule has 0 atom stereocenters. The molecule has 0 unspecified atom stereocenters. The highest BCUT2D eigenvalue weighted by Gasteiger charge is 2.36. The smallest absolute Gasteiger partial charge is 0.373 e.